The van der Waals surface area contributed by atoms with Gasteiger partial charge >= 0.3 is 0 Å². The van der Waals surface area contributed by atoms with Crippen molar-refractivity contribution < 1.29 is 26.8 Å². The van der Waals surface area contributed by atoms with Crippen LogP contribution in [0.25, 0.3) is 0 Å². The van der Waals surface area contributed by atoms with E-state index in [1.165, 1.54) is 42.6 Å². The summed E-state index contributed by atoms with van der Waals surface area (Å²) in [4.78, 5) is 26.3. The number of carbonyl (C=O) groups excluding carboxylic acids is 2. The number of hydrogen-bond acceptors (Lipinski definition) is 5. The molecule has 3 N–H and O–H groups in total. The van der Waals surface area contributed by atoms with Gasteiger partial charge in [-0.3, -0.25) is 14.6 Å². The van der Waals surface area contributed by atoms with Crippen molar-refractivity contribution in [3.63, 3.8) is 0 Å². The fraction of sp³-hybridized carbons (Fsp3) is 0.0500. The number of nitrogens with one attached hydrogen (secondary N) is 1. The molecule has 2 aromatic carbocycles. The Morgan fingerprint density at radius 1 is 0.933 bits per heavy atom. The average Bonchev–Trinajstić information content (AvgIpc) is 2.71. The van der Waals surface area contributed by atoms with Gasteiger partial charge in [-0.1, -0.05) is 12.1 Å². The van der Waals surface area contributed by atoms with Gasteiger partial charge in [0.2, 0.25) is 9.84 Å². The Kier molecular flexibility index (Phi) is 5.88. The van der Waals surface area contributed by atoms with Gasteiger partial charge in [-0.2, -0.15) is 0 Å². The number of pyridine rings is 1. The van der Waals surface area contributed by atoms with Crippen LogP contribution in [0.15, 0.2) is 70.6 Å². The van der Waals surface area contributed by atoms with E-state index < -0.39 is 38.2 Å². The smallest absolute Gasteiger partial charge is 0.267 e. The second kappa shape index (κ2) is 8.37. The minimum Gasteiger partial charge on any atom is -0.364 e. The molecule has 10 heteroatoms. The lowest BCUT2D eigenvalue weighted by molar-refractivity contribution is 0.0947. The van der Waals surface area contributed by atoms with Gasteiger partial charge in [0.1, 0.15) is 17.3 Å². The molecule has 0 fully saturated rings. The summed E-state index contributed by atoms with van der Waals surface area (Å²) >= 11 is 0. The molecule has 30 heavy (non-hydrogen) atoms. The van der Waals surface area contributed by atoms with Crippen molar-refractivity contribution in [1.29, 1.82) is 0 Å². The summed E-state index contributed by atoms with van der Waals surface area (Å²) < 4.78 is 51.8. The second-order valence-corrected chi connectivity index (χ2v) is 8.18. The number of benzene rings is 2. The summed E-state index contributed by atoms with van der Waals surface area (Å²) in [6.45, 7) is 0.0886. The normalized spacial score (nSPS) is 11.1. The summed E-state index contributed by atoms with van der Waals surface area (Å²) in [6.07, 6.45) is 1.21. The number of nitrogens with zero attached hydrogens (tertiary/aromatic N) is 1. The minimum absolute atomic E-state index is 0.0292. The summed E-state index contributed by atoms with van der Waals surface area (Å²) in [6, 6.07) is 10.3. The Bertz CT molecular complexity index is 1190. The van der Waals surface area contributed by atoms with Gasteiger partial charge in [0.15, 0.2) is 0 Å². The number of amides is 2. The van der Waals surface area contributed by atoms with Crippen molar-refractivity contribution in [3.8, 4) is 0 Å². The van der Waals surface area contributed by atoms with Crippen molar-refractivity contribution in [2.45, 2.75) is 16.3 Å². The zero-order valence-electron chi connectivity index (χ0n) is 15.3. The van der Waals surface area contributed by atoms with Crippen LogP contribution in [0.2, 0.25) is 0 Å². The first-order valence-corrected chi connectivity index (χ1v) is 9.99. The molecule has 0 saturated carbocycles. The number of carbonyl (C=O) groups is 2. The van der Waals surface area contributed by atoms with Gasteiger partial charge in [-0.15, -0.1) is 0 Å². The number of aromatic nitrogens is 1. The van der Waals surface area contributed by atoms with Gasteiger partial charge < -0.3 is 11.1 Å². The first-order chi connectivity index (χ1) is 14.2. The maximum Gasteiger partial charge on any atom is 0.267 e. The quantitative estimate of drug-likeness (QED) is 0.620. The standard InChI is InChI=1S/C20H15F2N3O4S/c21-14-7-15(22)9-17(8-14)30(28,29)16-4-1-12(2-5-16)10-25-20(27)13-3-6-18(19(23)26)24-11-13/h1-9,11H,10H2,(H2,23,26)(H,25,27). The first kappa shape index (κ1) is 21.1. The topological polar surface area (TPSA) is 119 Å². The molecule has 1 heterocycles. The highest BCUT2D eigenvalue weighted by atomic mass is 32.2. The van der Waals surface area contributed by atoms with E-state index in [0.717, 1.165) is 12.1 Å². The fourth-order valence-corrected chi connectivity index (χ4v) is 3.87. The molecule has 0 aliphatic carbocycles. The molecule has 154 valence electrons. The van der Waals surface area contributed by atoms with Crippen LogP contribution in [0.5, 0.6) is 0 Å². The van der Waals surface area contributed by atoms with Crippen molar-refractivity contribution in [2.24, 2.45) is 5.73 Å². The molecule has 7 nitrogen and oxygen atoms in total. The lowest BCUT2D eigenvalue weighted by Gasteiger charge is -2.08. The molecule has 0 unspecified atom stereocenters. The lowest BCUT2D eigenvalue weighted by atomic mass is 10.2. The van der Waals surface area contributed by atoms with Crippen LogP contribution in [0, 0.1) is 11.6 Å². The van der Waals surface area contributed by atoms with Crippen LogP contribution < -0.4 is 11.1 Å². The van der Waals surface area contributed by atoms with E-state index in [1.54, 1.807) is 0 Å². The molecule has 0 aliphatic rings. The zero-order chi connectivity index (χ0) is 21.9. The molecule has 2 amide bonds. The second-order valence-electron chi connectivity index (χ2n) is 6.23. The first-order valence-electron chi connectivity index (χ1n) is 8.51. The van der Waals surface area contributed by atoms with Gasteiger partial charge in [-0.05, 0) is 42.0 Å². The number of nitrogens with two attached hydrogens (primary N) is 1. The lowest BCUT2D eigenvalue weighted by Crippen LogP contribution is -2.23. The van der Waals surface area contributed by atoms with Gasteiger partial charge in [0, 0.05) is 18.8 Å². The van der Waals surface area contributed by atoms with Crippen molar-refractivity contribution >= 4 is 21.7 Å². The molecule has 1 aromatic heterocycles. The van der Waals surface area contributed by atoms with Crippen LogP contribution >= 0.6 is 0 Å². The fourth-order valence-electron chi connectivity index (χ4n) is 2.56. The van der Waals surface area contributed by atoms with Gasteiger partial charge in [-0.25, -0.2) is 17.2 Å². The summed E-state index contributed by atoms with van der Waals surface area (Å²) in [5, 5.41) is 2.63. The third-order valence-corrected chi connectivity index (χ3v) is 5.86. The molecule has 0 spiro atoms. The largest absolute Gasteiger partial charge is 0.364 e. The van der Waals surface area contributed by atoms with E-state index in [0.29, 0.717) is 11.6 Å². The minimum atomic E-state index is -4.10. The number of primary amides is 1. The predicted molar refractivity (Wildman–Crippen MR) is 102 cm³/mol. The zero-order valence-corrected chi connectivity index (χ0v) is 16.1. The van der Waals surface area contributed by atoms with Crippen LogP contribution in [0.4, 0.5) is 8.78 Å². The molecule has 0 aliphatic heterocycles. The van der Waals surface area contributed by atoms with Crippen LogP contribution in [0.3, 0.4) is 0 Å². The SMILES string of the molecule is NC(=O)c1ccc(C(=O)NCc2ccc(S(=O)(=O)c3cc(F)cc(F)c3)cc2)cn1. The third kappa shape index (κ3) is 4.66. The molecule has 3 rings (SSSR count). The Balaban J connectivity index is 1.69. The molecule has 0 atom stereocenters. The van der Waals surface area contributed by atoms with E-state index in [2.05, 4.69) is 10.3 Å². The third-order valence-electron chi connectivity index (χ3n) is 4.11. The number of hydrogen-bond donors (Lipinski definition) is 2. The Hall–Kier alpha value is -3.66. The van der Waals surface area contributed by atoms with Crippen LogP contribution in [0.1, 0.15) is 26.4 Å². The monoisotopic (exact) mass is 431 g/mol. The highest BCUT2D eigenvalue weighted by molar-refractivity contribution is 7.91. The van der Waals surface area contributed by atoms with Crippen LogP contribution in [-0.4, -0.2) is 25.2 Å². The van der Waals surface area contributed by atoms with Crippen molar-refractivity contribution in [3.05, 3.63) is 89.2 Å². The molecular weight excluding hydrogens is 416 g/mol. The maximum atomic E-state index is 13.3. The molecule has 0 saturated heterocycles. The summed E-state index contributed by atoms with van der Waals surface area (Å²) in [5.41, 5.74) is 5.92. The van der Waals surface area contributed by atoms with E-state index in [-0.39, 0.29) is 22.7 Å². The van der Waals surface area contributed by atoms with E-state index in [9.17, 15) is 26.8 Å². The number of rotatable bonds is 6. The highest BCUT2D eigenvalue weighted by Crippen LogP contribution is 2.23. The number of sulfone groups is 1. The molecular formula is C20H15F2N3O4S. The van der Waals surface area contributed by atoms with E-state index in [1.807, 2.05) is 0 Å². The van der Waals surface area contributed by atoms with E-state index in [4.69, 9.17) is 5.73 Å². The van der Waals surface area contributed by atoms with Crippen molar-refractivity contribution in [2.75, 3.05) is 0 Å². The Morgan fingerprint density at radius 2 is 1.57 bits per heavy atom. The number of halogens is 2. The molecule has 3 aromatic rings. The predicted octanol–water partition coefficient (Wildman–Crippen LogP) is 2.22. The van der Waals surface area contributed by atoms with Crippen molar-refractivity contribution in [1.82, 2.24) is 10.3 Å². The summed E-state index contributed by atoms with van der Waals surface area (Å²) in [7, 11) is -4.10. The maximum absolute atomic E-state index is 13.3. The van der Waals surface area contributed by atoms with E-state index >= 15 is 0 Å². The Labute approximate surface area is 170 Å². The molecule has 0 radical (unpaired) electrons. The highest BCUT2D eigenvalue weighted by Gasteiger charge is 2.19. The average molecular weight is 431 g/mol. The summed E-state index contributed by atoms with van der Waals surface area (Å²) in [5.74, 6) is -3.15. The van der Waals surface area contributed by atoms with Gasteiger partial charge in [0.25, 0.3) is 11.8 Å². The molecule has 0 bridgehead atoms. The van der Waals surface area contributed by atoms with Gasteiger partial charge in [0.05, 0.1) is 15.4 Å². The van der Waals surface area contributed by atoms with Crippen LogP contribution in [-0.2, 0) is 16.4 Å². The Morgan fingerprint density at radius 3 is 2.10 bits per heavy atom.